The summed E-state index contributed by atoms with van der Waals surface area (Å²) < 4.78 is 32.8. The third kappa shape index (κ3) is 11.4. The lowest BCUT2D eigenvalue weighted by Crippen LogP contribution is -2.19. The van der Waals surface area contributed by atoms with Gasteiger partial charge in [0, 0.05) is 24.4 Å². The molecule has 1 aromatic heterocycles. The molecular weight excluding hydrogens is 430 g/mol. The van der Waals surface area contributed by atoms with Gasteiger partial charge in [-0.1, -0.05) is 78.1 Å². The SMILES string of the molecule is CCCCCCCCCCCCc1cnc(-c2ccc(OCCC(F)C(F)CCC)cc2)nc1. The first kappa shape index (κ1) is 28.2. The molecule has 34 heavy (non-hydrogen) atoms. The maximum absolute atomic E-state index is 13.7. The van der Waals surface area contributed by atoms with Crippen molar-refractivity contribution in [1.29, 1.82) is 0 Å². The minimum Gasteiger partial charge on any atom is -0.493 e. The molecule has 0 aliphatic carbocycles. The predicted molar refractivity (Wildman–Crippen MR) is 138 cm³/mol. The van der Waals surface area contributed by atoms with E-state index in [2.05, 4.69) is 16.9 Å². The van der Waals surface area contributed by atoms with Gasteiger partial charge in [0.15, 0.2) is 5.82 Å². The molecule has 2 unspecified atom stereocenters. The molecule has 2 atom stereocenters. The van der Waals surface area contributed by atoms with Crippen LogP contribution in [0.1, 0.15) is 103 Å². The largest absolute Gasteiger partial charge is 0.493 e. The summed E-state index contributed by atoms with van der Waals surface area (Å²) in [6.45, 7) is 4.28. The lowest BCUT2D eigenvalue weighted by atomic mass is 10.0. The molecule has 5 heteroatoms. The summed E-state index contributed by atoms with van der Waals surface area (Å²) in [6, 6.07) is 7.44. The molecule has 0 fully saturated rings. The van der Waals surface area contributed by atoms with Crippen LogP contribution in [-0.4, -0.2) is 28.9 Å². The molecule has 2 aromatic rings. The number of hydrogen-bond donors (Lipinski definition) is 0. The average molecular weight is 475 g/mol. The summed E-state index contributed by atoms with van der Waals surface area (Å²) in [5.41, 5.74) is 2.09. The van der Waals surface area contributed by atoms with Gasteiger partial charge in [-0.05, 0) is 49.1 Å². The predicted octanol–water partition coefficient (Wildman–Crippen LogP) is 8.85. The van der Waals surface area contributed by atoms with Crippen LogP contribution in [0.15, 0.2) is 36.7 Å². The fourth-order valence-electron chi connectivity index (χ4n) is 4.08. The highest BCUT2D eigenvalue weighted by molar-refractivity contribution is 5.55. The van der Waals surface area contributed by atoms with Gasteiger partial charge in [-0.15, -0.1) is 0 Å². The summed E-state index contributed by atoms with van der Waals surface area (Å²) in [5, 5.41) is 0. The van der Waals surface area contributed by atoms with Crippen molar-refractivity contribution in [3.8, 4) is 17.1 Å². The van der Waals surface area contributed by atoms with E-state index in [-0.39, 0.29) is 19.4 Å². The zero-order chi connectivity index (χ0) is 24.4. The van der Waals surface area contributed by atoms with Gasteiger partial charge in [-0.25, -0.2) is 18.7 Å². The van der Waals surface area contributed by atoms with E-state index >= 15 is 0 Å². The molecule has 0 bridgehead atoms. The van der Waals surface area contributed by atoms with Crippen LogP contribution in [0.5, 0.6) is 5.75 Å². The molecule has 1 heterocycles. The summed E-state index contributed by atoms with van der Waals surface area (Å²) >= 11 is 0. The van der Waals surface area contributed by atoms with Crippen molar-refractivity contribution in [2.24, 2.45) is 0 Å². The van der Waals surface area contributed by atoms with Crippen LogP contribution < -0.4 is 4.74 Å². The second-order valence-electron chi connectivity index (χ2n) is 9.33. The summed E-state index contributed by atoms with van der Waals surface area (Å²) in [6.07, 6.45) is 16.3. The van der Waals surface area contributed by atoms with Gasteiger partial charge in [0.2, 0.25) is 0 Å². The molecule has 190 valence electrons. The maximum Gasteiger partial charge on any atom is 0.159 e. The average Bonchev–Trinajstić information content (AvgIpc) is 2.86. The van der Waals surface area contributed by atoms with Gasteiger partial charge >= 0.3 is 0 Å². The Morgan fingerprint density at radius 1 is 0.706 bits per heavy atom. The molecule has 3 nitrogen and oxygen atoms in total. The highest BCUT2D eigenvalue weighted by Crippen LogP contribution is 2.21. The third-order valence-electron chi connectivity index (χ3n) is 6.26. The van der Waals surface area contributed by atoms with Crippen molar-refractivity contribution < 1.29 is 13.5 Å². The summed E-state index contributed by atoms with van der Waals surface area (Å²) in [5.74, 6) is 1.32. The number of rotatable bonds is 19. The van der Waals surface area contributed by atoms with E-state index in [1.54, 1.807) is 0 Å². The van der Waals surface area contributed by atoms with Crippen molar-refractivity contribution in [3.63, 3.8) is 0 Å². The van der Waals surface area contributed by atoms with Crippen LogP contribution >= 0.6 is 0 Å². The Hall–Kier alpha value is -2.04. The van der Waals surface area contributed by atoms with Crippen LogP contribution in [0, 0.1) is 0 Å². The Kier molecular flexibility index (Phi) is 14.4. The topological polar surface area (TPSA) is 35.0 Å². The monoisotopic (exact) mass is 474 g/mol. The Balaban J connectivity index is 1.63. The smallest absolute Gasteiger partial charge is 0.159 e. The van der Waals surface area contributed by atoms with Gasteiger partial charge in [-0.2, -0.15) is 0 Å². The van der Waals surface area contributed by atoms with Crippen molar-refractivity contribution in [3.05, 3.63) is 42.2 Å². The molecule has 0 spiro atoms. The van der Waals surface area contributed by atoms with Gasteiger partial charge in [0.05, 0.1) is 6.61 Å². The Morgan fingerprint density at radius 3 is 1.85 bits per heavy atom. The summed E-state index contributed by atoms with van der Waals surface area (Å²) in [7, 11) is 0. The fraction of sp³-hybridized carbons (Fsp3) is 0.655. The number of ether oxygens (including phenoxy) is 1. The zero-order valence-electron chi connectivity index (χ0n) is 21.3. The number of aromatic nitrogens is 2. The van der Waals surface area contributed by atoms with E-state index in [1.807, 2.05) is 43.6 Å². The van der Waals surface area contributed by atoms with Crippen LogP contribution in [0.4, 0.5) is 8.78 Å². The number of benzene rings is 1. The molecule has 0 amide bonds. The van der Waals surface area contributed by atoms with Crippen molar-refractivity contribution in [2.45, 2.75) is 116 Å². The highest BCUT2D eigenvalue weighted by Gasteiger charge is 2.19. The first-order valence-electron chi connectivity index (χ1n) is 13.5. The molecule has 0 radical (unpaired) electrons. The normalized spacial score (nSPS) is 13.1. The molecule has 1 aromatic carbocycles. The van der Waals surface area contributed by atoms with E-state index in [1.165, 1.54) is 69.8 Å². The van der Waals surface area contributed by atoms with E-state index in [0.29, 0.717) is 18.0 Å². The van der Waals surface area contributed by atoms with Crippen LogP contribution in [0.2, 0.25) is 0 Å². The first-order valence-corrected chi connectivity index (χ1v) is 13.5. The number of alkyl halides is 2. The molecule has 0 aliphatic rings. The minimum atomic E-state index is -1.47. The van der Waals surface area contributed by atoms with Crippen LogP contribution in [0.25, 0.3) is 11.4 Å². The quantitative estimate of drug-likeness (QED) is 0.191. The second kappa shape index (κ2) is 17.4. The first-order chi connectivity index (χ1) is 16.6. The Bertz CT molecular complexity index is 752. The van der Waals surface area contributed by atoms with Gasteiger partial charge in [0.1, 0.15) is 18.1 Å². The van der Waals surface area contributed by atoms with Crippen molar-refractivity contribution in [1.82, 2.24) is 9.97 Å². The Morgan fingerprint density at radius 2 is 1.26 bits per heavy atom. The lowest BCUT2D eigenvalue weighted by molar-refractivity contribution is 0.129. The van der Waals surface area contributed by atoms with Crippen molar-refractivity contribution in [2.75, 3.05) is 6.61 Å². The van der Waals surface area contributed by atoms with Gasteiger partial charge in [0.25, 0.3) is 0 Å². The third-order valence-corrected chi connectivity index (χ3v) is 6.26. The number of aryl methyl sites for hydroxylation is 1. The van der Waals surface area contributed by atoms with E-state index in [0.717, 1.165) is 12.0 Å². The number of hydrogen-bond acceptors (Lipinski definition) is 3. The number of halogens is 2. The van der Waals surface area contributed by atoms with Crippen LogP contribution in [0.3, 0.4) is 0 Å². The van der Waals surface area contributed by atoms with Gasteiger partial charge in [-0.3, -0.25) is 0 Å². The number of unbranched alkanes of at least 4 members (excludes halogenated alkanes) is 9. The summed E-state index contributed by atoms with van der Waals surface area (Å²) in [4.78, 5) is 9.04. The lowest BCUT2D eigenvalue weighted by Gasteiger charge is -2.13. The molecule has 0 saturated carbocycles. The number of nitrogens with zero attached hydrogens (tertiary/aromatic N) is 2. The molecule has 0 saturated heterocycles. The minimum absolute atomic E-state index is 0.0620. The van der Waals surface area contributed by atoms with Gasteiger partial charge < -0.3 is 4.74 Å². The van der Waals surface area contributed by atoms with Crippen molar-refractivity contribution >= 4 is 0 Å². The van der Waals surface area contributed by atoms with E-state index in [4.69, 9.17) is 4.74 Å². The van der Waals surface area contributed by atoms with E-state index in [9.17, 15) is 8.78 Å². The fourth-order valence-corrected chi connectivity index (χ4v) is 4.08. The molecular formula is C29H44F2N2O. The maximum atomic E-state index is 13.7. The second-order valence-corrected chi connectivity index (χ2v) is 9.33. The molecule has 0 N–H and O–H groups in total. The zero-order valence-corrected chi connectivity index (χ0v) is 21.3. The molecule has 0 aliphatic heterocycles. The molecule has 2 rings (SSSR count). The standard InChI is InChI=1S/C29H44F2N2O/c1-3-5-6-7-8-9-10-11-12-13-15-24-22-32-29(33-23-24)25-16-18-26(19-17-25)34-21-20-28(31)27(30)14-4-2/h16-19,22-23,27-28H,3-15,20-21H2,1-2H3. The highest BCUT2D eigenvalue weighted by atomic mass is 19.2. The van der Waals surface area contributed by atoms with E-state index < -0.39 is 12.3 Å². The Labute approximate surface area is 205 Å². The van der Waals surface area contributed by atoms with Crippen LogP contribution in [-0.2, 0) is 6.42 Å².